The molecule has 1 aromatic carbocycles. The van der Waals surface area contributed by atoms with E-state index in [0.29, 0.717) is 11.1 Å². The van der Waals surface area contributed by atoms with Crippen LogP contribution in [0.2, 0.25) is 0 Å². The molecule has 0 spiro atoms. The molecule has 0 saturated carbocycles. The molecule has 1 heterocycles. The Bertz CT molecular complexity index is 692. The zero-order chi connectivity index (χ0) is 13.8. The normalized spacial score (nSPS) is 15.4. The fraction of sp³-hybridized carbons (Fsp3) is 0.143. The highest BCUT2D eigenvalue weighted by molar-refractivity contribution is 5.75. The van der Waals surface area contributed by atoms with Gasteiger partial charge in [-0.1, -0.05) is 24.3 Å². The summed E-state index contributed by atoms with van der Waals surface area (Å²) in [5, 5.41) is 35.7. The van der Waals surface area contributed by atoms with E-state index in [2.05, 4.69) is 0 Å². The van der Waals surface area contributed by atoms with E-state index in [1.807, 2.05) is 12.1 Å². The lowest BCUT2D eigenvalue weighted by Gasteiger charge is -2.11. The second kappa shape index (κ2) is 4.92. The highest BCUT2D eigenvalue weighted by Gasteiger charge is 2.36. The van der Waals surface area contributed by atoms with Crippen molar-refractivity contribution in [2.75, 3.05) is 0 Å². The first-order valence-corrected chi connectivity index (χ1v) is 5.36. The summed E-state index contributed by atoms with van der Waals surface area (Å²) in [6.45, 7) is 0. The molecule has 1 aliphatic rings. The molecule has 5 nitrogen and oxygen atoms in total. The third kappa shape index (κ3) is 1.87. The van der Waals surface area contributed by atoms with Crippen LogP contribution in [0.25, 0.3) is 5.76 Å². The van der Waals surface area contributed by atoms with Crippen molar-refractivity contribution in [2.45, 2.75) is 6.10 Å². The van der Waals surface area contributed by atoms with Gasteiger partial charge in [-0.3, -0.25) is 0 Å². The summed E-state index contributed by atoms with van der Waals surface area (Å²) in [5.41, 5.74) is 1.07. The maximum atomic E-state index is 8.95. The van der Waals surface area contributed by atoms with Gasteiger partial charge in [-0.2, -0.15) is 21.0 Å². The maximum Gasteiger partial charge on any atom is 0.174 e. The van der Waals surface area contributed by atoms with Gasteiger partial charge >= 0.3 is 0 Å². The van der Waals surface area contributed by atoms with E-state index in [4.69, 9.17) is 25.8 Å². The third-order valence-corrected chi connectivity index (χ3v) is 2.79. The molecule has 2 rings (SSSR count). The lowest BCUT2D eigenvalue weighted by Crippen LogP contribution is -2.07. The molecule has 0 radical (unpaired) electrons. The monoisotopic (exact) mass is 246 g/mol. The van der Waals surface area contributed by atoms with Gasteiger partial charge in [0.15, 0.2) is 23.4 Å². The standard InChI is InChI=1S/C14H6N4O/c15-5-9(6-16)13-11-3-1-2-4-12(11)14(19-13)10(7-17)8-18/h1-4,9,13H. The van der Waals surface area contributed by atoms with Gasteiger partial charge in [0.2, 0.25) is 0 Å². The van der Waals surface area contributed by atoms with Crippen molar-refractivity contribution >= 4 is 5.76 Å². The van der Waals surface area contributed by atoms with E-state index in [-0.39, 0.29) is 11.3 Å². The molecule has 19 heavy (non-hydrogen) atoms. The molecule has 1 aromatic rings. The Morgan fingerprint density at radius 3 is 2.26 bits per heavy atom. The zero-order valence-corrected chi connectivity index (χ0v) is 9.66. The van der Waals surface area contributed by atoms with Crippen LogP contribution in [0.3, 0.4) is 0 Å². The first kappa shape index (κ1) is 12.2. The smallest absolute Gasteiger partial charge is 0.174 e. The van der Waals surface area contributed by atoms with Gasteiger partial charge in [0, 0.05) is 11.1 Å². The molecule has 0 fully saturated rings. The van der Waals surface area contributed by atoms with Crippen LogP contribution < -0.4 is 0 Å². The maximum absolute atomic E-state index is 8.95. The second-order valence-electron chi connectivity index (χ2n) is 3.79. The number of allylic oxidation sites excluding steroid dienone is 1. The molecular weight excluding hydrogens is 240 g/mol. The van der Waals surface area contributed by atoms with Crippen LogP contribution in [0.1, 0.15) is 17.2 Å². The molecule has 88 valence electrons. The summed E-state index contributed by atoms with van der Waals surface area (Å²) >= 11 is 0. The molecule has 0 bridgehead atoms. The van der Waals surface area contributed by atoms with E-state index >= 15 is 0 Å². The van der Waals surface area contributed by atoms with E-state index in [1.54, 1.807) is 36.4 Å². The second-order valence-corrected chi connectivity index (χ2v) is 3.79. The highest BCUT2D eigenvalue weighted by Crippen LogP contribution is 2.43. The summed E-state index contributed by atoms with van der Waals surface area (Å²) in [6, 6.07) is 14.1. The number of ether oxygens (including phenoxy) is 1. The zero-order valence-electron chi connectivity index (χ0n) is 9.66. The summed E-state index contributed by atoms with van der Waals surface area (Å²) < 4.78 is 5.51. The van der Waals surface area contributed by atoms with Crippen molar-refractivity contribution in [3.05, 3.63) is 41.0 Å². The lowest BCUT2D eigenvalue weighted by atomic mass is 9.95. The van der Waals surface area contributed by atoms with Crippen molar-refractivity contribution in [2.24, 2.45) is 5.92 Å². The number of hydrogen-bond acceptors (Lipinski definition) is 5. The number of benzene rings is 1. The van der Waals surface area contributed by atoms with Crippen LogP contribution >= 0.6 is 0 Å². The number of nitrogens with zero attached hydrogens (tertiary/aromatic N) is 4. The quantitative estimate of drug-likeness (QED) is 0.706. The van der Waals surface area contributed by atoms with Crippen LogP contribution in [0.15, 0.2) is 29.8 Å². The molecule has 0 saturated heterocycles. The molecule has 1 unspecified atom stereocenters. The van der Waals surface area contributed by atoms with Crippen molar-refractivity contribution in [3.8, 4) is 24.3 Å². The van der Waals surface area contributed by atoms with Gasteiger partial charge in [0.25, 0.3) is 0 Å². The van der Waals surface area contributed by atoms with Gasteiger partial charge in [0.05, 0.1) is 12.1 Å². The Balaban J connectivity index is 2.63. The average Bonchev–Trinajstić information content (AvgIpc) is 2.82. The Morgan fingerprint density at radius 1 is 1.05 bits per heavy atom. The minimum atomic E-state index is -0.989. The number of rotatable bonds is 1. The van der Waals surface area contributed by atoms with Crippen LogP contribution in [-0.4, -0.2) is 0 Å². The largest absolute Gasteiger partial charge is 0.480 e. The number of nitriles is 4. The Hall–Kier alpha value is -3.28. The van der Waals surface area contributed by atoms with E-state index in [1.165, 1.54) is 0 Å². The van der Waals surface area contributed by atoms with Crippen LogP contribution in [0.5, 0.6) is 0 Å². The minimum Gasteiger partial charge on any atom is -0.480 e. The lowest BCUT2D eigenvalue weighted by molar-refractivity contribution is 0.167. The van der Waals surface area contributed by atoms with Crippen molar-refractivity contribution in [1.29, 1.82) is 21.0 Å². The fourth-order valence-corrected chi connectivity index (χ4v) is 1.94. The Morgan fingerprint density at radius 2 is 1.68 bits per heavy atom. The molecule has 0 amide bonds. The topological polar surface area (TPSA) is 104 Å². The third-order valence-electron chi connectivity index (χ3n) is 2.79. The van der Waals surface area contributed by atoms with Crippen LogP contribution in [-0.2, 0) is 4.74 Å². The van der Waals surface area contributed by atoms with Crippen molar-refractivity contribution < 1.29 is 4.74 Å². The predicted molar refractivity (Wildman–Crippen MR) is 63.1 cm³/mol. The summed E-state index contributed by atoms with van der Waals surface area (Å²) in [7, 11) is 0. The van der Waals surface area contributed by atoms with Gasteiger partial charge in [-0.15, -0.1) is 0 Å². The highest BCUT2D eigenvalue weighted by atomic mass is 16.5. The first-order valence-electron chi connectivity index (χ1n) is 5.36. The van der Waals surface area contributed by atoms with E-state index in [9.17, 15) is 0 Å². The molecule has 0 aromatic heterocycles. The first-order chi connectivity index (χ1) is 9.26. The summed E-state index contributed by atoms with van der Waals surface area (Å²) in [5.74, 6) is -0.849. The van der Waals surface area contributed by atoms with Crippen LogP contribution in [0, 0.1) is 51.2 Å². The Kier molecular flexibility index (Phi) is 3.16. The molecule has 5 heteroatoms. The van der Waals surface area contributed by atoms with Gasteiger partial charge in [-0.25, -0.2) is 0 Å². The fourth-order valence-electron chi connectivity index (χ4n) is 1.94. The molecule has 0 aliphatic carbocycles. The molecular formula is C14H6N4O. The summed E-state index contributed by atoms with van der Waals surface area (Å²) in [4.78, 5) is 0. The SMILES string of the molecule is N#CC(C#N)=C1OC(C(C#N)C#N)c2ccccc21. The average molecular weight is 246 g/mol. The predicted octanol–water partition coefficient (Wildman–Crippen LogP) is 2.18. The van der Waals surface area contributed by atoms with Gasteiger partial charge in [-0.05, 0) is 0 Å². The number of fused-ring (bicyclic) bond motifs is 1. The molecule has 1 aliphatic heterocycles. The number of hydrogen-bond donors (Lipinski definition) is 0. The van der Waals surface area contributed by atoms with Crippen molar-refractivity contribution in [1.82, 2.24) is 0 Å². The van der Waals surface area contributed by atoms with Crippen molar-refractivity contribution in [3.63, 3.8) is 0 Å². The minimum absolute atomic E-state index is 0.140. The van der Waals surface area contributed by atoms with Crippen LogP contribution in [0.4, 0.5) is 0 Å². The summed E-state index contributed by atoms with van der Waals surface area (Å²) in [6.07, 6.45) is -0.766. The molecule has 0 N–H and O–H groups in total. The Labute approximate surface area is 109 Å². The van der Waals surface area contributed by atoms with E-state index in [0.717, 1.165) is 0 Å². The molecule has 1 atom stereocenters. The van der Waals surface area contributed by atoms with Gasteiger partial charge < -0.3 is 4.74 Å². The van der Waals surface area contributed by atoms with E-state index < -0.39 is 12.0 Å². The van der Waals surface area contributed by atoms with Gasteiger partial charge in [0.1, 0.15) is 12.1 Å².